The first-order valence-electron chi connectivity index (χ1n) is 13.6. The van der Waals surface area contributed by atoms with Crippen molar-refractivity contribution in [2.45, 2.75) is 60.8 Å². The number of morpholine rings is 1. The Morgan fingerprint density at radius 1 is 1.05 bits per heavy atom. The molecule has 0 spiro atoms. The first kappa shape index (κ1) is 25.8. The van der Waals surface area contributed by atoms with Crippen molar-refractivity contribution in [1.29, 1.82) is 0 Å². The molecule has 1 atom stereocenters. The summed E-state index contributed by atoms with van der Waals surface area (Å²) in [7, 11) is -3.66. The molecule has 2 saturated carbocycles. The molecule has 2 heterocycles. The number of hydrogen-bond donors (Lipinski definition) is 2. The molecule has 1 aromatic heterocycles. The number of hydrogen-bond acceptors (Lipinski definition) is 7. The van der Waals surface area contributed by atoms with E-state index in [2.05, 4.69) is 22.5 Å². The lowest BCUT2D eigenvalue weighted by Gasteiger charge is -2.34. The van der Waals surface area contributed by atoms with E-state index in [4.69, 9.17) is 14.7 Å². The Bertz CT molecular complexity index is 1450. The zero-order chi connectivity index (χ0) is 27.0. The van der Waals surface area contributed by atoms with Crippen molar-refractivity contribution in [3.63, 3.8) is 0 Å². The first-order valence-corrected chi connectivity index (χ1v) is 15.1. The molecule has 1 aliphatic heterocycles. The summed E-state index contributed by atoms with van der Waals surface area (Å²) in [6, 6.07) is 17.9. The quantitative estimate of drug-likeness (QED) is 0.448. The standard InChI is InChI=1S/C29H33N5O4S/c1-20-19-38-17-16-34(20)26-18-25(29(14-15-29)39(36,37)24-8-3-2-4-9-24)32-27(33-26)21-10-12-23(13-11-21)31-28(35)30-22-6-5-7-22/h2-4,8-13,18,20,22H,5-7,14-17,19H2,1H3,(H2,30,31,35)/t20-/m0/s1. The average molecular weight is 548 g/mol. The van der Waals surface area contributed by atoms with Gasteiger partial charge in [0.25, 0.3) is 0 Å². The summed E-state index contributed by atoms with van der Waals surface area (Å²) in [6.45, 7) is 3.89. The highest BCUT2D eigenvalue weighted by atomic mass is 32.2. The minimum Gasteiger partial charge on any atom is -0.377 e. The van der Waals surface area contributed by atoms with E-state index < -0.39 is 14.6 Å². The summed E-state index contributed by atoms with van der Waals surface area (Å²) in [6.07, 6.45) is 4.21. The average Bonchev–Trinajstić information content (AvgIpc) is 3.75. The lowest BCUT2D eigenvalue weighted by Crippen LogP contribution is -2.44. The maximum Gasteiger partial charge on any atom is 0.319 e. The van der Waals surface area contributed by atoms with E-state index in [1.165, 1.54) is 0 Å². The van der Waals surface area contributed by atoms with E-state index in [0.717, 1.165) is 24.8 Å². The fourth-order valence-electron chi connectivity index (χ4n) is 5.22. The van der Waals surface area contributed by atoms with Crippen LogP contribution in [0, 0.1) is 0 Å². The van der Waals surface area contributed by atoms with Gasteiger partial charge in [0.1, 0.15) is 10.6 Å². The van der Waals surface area contributed by atoms with Gasteiger partial charge in [-0.2, -0.15) is 0 Å². The smallest absolute Gasteiger partial charge is 0.319 e. The van der Waals surface area contributed by atoms with Gasteiger partial charge in [-0.05, 0) is 75.4 Å². The Balaban J connectivity index is 1.35. The number of sulfone groups is 1. The van der Waals surface area contributed by atoms with Gasteiger partial charge in [0.15, 0.2) is 15.7 Å². The topological polar surface area (TPSA) is 114 Å². The highest BCUT2D eigenvalue weighted by Gasteiger charge is 2.58. The molecule has 0 bridgehead atoms. The number of aromatic nitrogens is 2. The summed E-state index contributed by atoms with van der Waals surface area (Å²) in [4.78, 5) is 24.5. The van der Waals surface area contributed by atoms with E-state index in [9.17, 15) is 13.2 Å². The number of anilines is 2. The number of amides is 2. The number of ether oxygens (including phenoxy) is 1. The van der Waals surface area contributed by atoms with Crippen LogP contribution in [0.1, 0.15) is 44.7 Å². The third-order valence-electron chi connectivity index (χ3n) is 7.95. The molecule has 10 heteroatoms. The monoisotopic (exact) mass is 547 g/mol. The number of carbonyl (C=O) groups is 1. The molecular formula is C29H33N5O4S. The van der Waals surface area contributed by atoms with Crippen LogP contribution < -0.4 is 15.5 Å². The summed E-state index contributed by atoms with van der Waals surface area (Å²) in [5.41, 5.74) is 1.93. The number of carbonyl (C=O) groups excluding carboxylic acids is 1. The van der Waals surface area contributed by atoms with E-state index in [1.807, 2.05) is 36.4 Å². The van der Waals surface area contributed by atoms with Gasteiger partial charge in [-0.1, -0.05) is 18.2 Å². The van der Waals surface area contributed by atoms with E-state index in [1.54, 1.807) is 24.3 Å². The van der Waals surface area contributed by atoms with Crippen molar-refractivity contribution in [2.24, 2.45) is 0 Å². The molecule has 3 fully saturated rings. The van der Waals surface area contributed by atoms with Gasteiger partial charge in [0.2, 0.25) is 0 Å². The van der Waals surface area contributed by atoms with Crippen molar-refractivity contribution >= 4 is 27.4 Å². The van der Waals surface area contributed by atoms with Crippen LogP contribution >= 0.6 is 0 Å². The minimum absolute atomic E-state index is 0.0935. The molecule has 0 radical (unpaired) electrons. The molecule has 2 amide bonds. The molecule has 3 aromatic rings. The molecule has 3 aliphatic rings. The maximum absolute atomic E-state index is 13.8. The van der Waals surface area contributed by atoms with Gasteiger partial charge >= 0.3 is 6.03 Å². The van der Waals surface area contributed by atoms with Crippen LogP contribution in [0.4, 0.5) is 16.3 Å². The van der Waals surface area contributed by atoms with Crippen molar-refractivity contribution in [3.05, 3.63) is 66.4 Å². The van der Waals surface area contributed by atoms with Crippen LogP contribution in [0.2, 0.25) is 0 Å². The molecule has 39 heavy (non-hydrogen) atoms. The van der Waals surface area contributed by atoms with E-state index >= 15 is 0 Å². The fraction of sp³-hybridized carbons (Fsp3) is 0.414. The summed E-state index contributed by atoms with van der Waals surface area (Å²) in [5.74, 6) is 1.16. The van der Waals surface area contributed by atoms with Crippen molar-refractivity contribution < 1.29 is 17.9 Å². The fourth-order valence-corrected chi connectivity index (χ4v) is 7.21. The van der Waals surface area contributed by atoms with Gasteiger partial charge in [0, 0.05) is 29.9 Å². The molecule has 2 N–H and O–H groups in total. The first-order chi connectivity index (χ1) is 18.9. The van der Waals surface area contributed by atoms with Gasteiger partial charge in [-0.25, -0.2) is 23.2 Å². The Morgan fingerprint density at radius 3 is 2.44 bits per heavy atom. The highest BCUT2D eigenvalue weighted by molar-refractivity contribution is 7.92. The van der Waals surface area contributed by atoms with Crippen LogP contribution in [0.3, 0.4) is 0 Å². The summed E-state index contributed by atoms with van der Waals surface area (Å²) < 4.78 is 32.2. The number of nitrogens with zero attached hydrogens (tertiary/aromatic N) is 3. The minimum atomic E-state index is -3.66. The van der Waals surface area contributed by atoms with Gasteiger partial charge in [0.05, 0.1) is 29.8 Å². The molecule has 2 aromatic carbocycles. The van der Waals surface area contributed by atoms with Crippen molar-refractivity contribution in [1.82, 2.24) is 15.3 Å². The molecular weight excluding hydrogens is 514 g/mol. The third kappa shape index (κ3) is 4.98. The van der Waals surface area contributed by atoms with Crippen LogP contribution in [0.25, 0.3) is 11.4 Å². The lowest BCUT2D eigenvalue weighted by molar-refractivity contribution is 0.0985. The van der Waals surface area contributed by atoms with Crippen LogP contribution in [0.5, 0.6) is 0 Å². The number of urea groups is 1. The van der Waals surface area contributed by atoms with Crippen molar-refractivity contribution in [2.75, 3.05) is 30.0 Å². The Hall–Kier alpha value is -3.50. The zero-order valence-corrected chi connectivity index (χ0v) is 22.8. The van der Waals surface area contributed by atoms with Gasteiger partial charge < -0.3 is 20.3 Å². The van der Waals surface area contributed by atoms with Crippen LogP contribution in [0.15, 0.2) is 65.6 Å². The molecule has 6 rings (SSSR count). The Morgan fingerprint density at radius 2 is 1.79 bits per heavy atom. The van der Waals surface area contributed by atoms with E-state index in [-0.39, 0.29) is 18.1 Å². The summed E-state index contributed by atoms with van der Waals surface area (Å²) in [5, 5.41) is 5.85. The normalized spacial score (nSPS) is 20.6. The second kappa shape index (κ2) is 10.2. The van der Waals surface area contributed by atoms with Gasteiger partial charge in [-0.3, -0.25) is 0 Å². The molecule has 1 saturated heterocycles. The number of benzene rings is 2. The van der Waals surface area contributed by atoms with Crippen LogP contribution in [-0.4, -0.2) is 56.3 Å². The number of nitrogens with one attached hydrogen (secondary N) is 2. The SMILES string of the molecule is C[C@H]1COCCN1c1cc(C2(S(=O)(=O)c3ccccc3)CC2)nc(-c2ccc(NC(=O)NC3CCC3)cc2)n1. The molecule has 204 valence electrons. The number of rotatable bonds is 7. The highest BCUT2D eigenvalue weighted by Crippen LogP contribution is 2.55. The van der Waals surface area contributed by atoms with Crippen LogP contribution in [-0.2, 0) is 19.3 Å². The lowest BCUT2D eigenvalue weighted by atomic mass is 9.93. The van der Waals surface area contributed by atoms with E-state index in [0.29, 0.717) is 60.5 Å². The van der Waals surface area contributed by atoms with Gasteiger partial charge in [-0.15, -0.1) is 0 Å². The second-order valence-electron chi connectivity index (χ2n) is 10.7. The third-order valence-corrected chi connectivity index (χ3v) is 10.5. The molecule has 2 aliphatic carbocycles. The molecule has 9 nitrogen and oxygen atoms in total. The Kier molecular flexibility index (Phi) is 6.76. The summed E-state index contributed by atoms with van der Waals surface area (Å²) >= 11 is 0. The zero-order valence-electron chi connectivity index (χ0n) is 22.0. The predicted octanol–water partition coefficient (Wildman–Crippen LogP) is 4.51. The van der Waals surface area contributed by atoms with Crippen molar-refractivity contribution in [3.8, 4) is 11.4 Å². The molecule has 0 unspecified atom stereocenters. The predicted molar refractivity (Wildman–Crippen MR) is 149 cm³/mol. The largest absolute Gasteiger partial charge is 0.377 e. The second-order valence-corrected chi connectivity index (χ2v) is 12.9. The maximum atomic E-state index is 13.8. The Labute approximate surface area is 228 Å².